The van der Waals surface area contributed by atoms with E-state index < -0.39 is 0 Å². The van der Waals surface area contributed by atoms with Crippen LogP contribution in [0.3, 0.4) is 0 Å². The first-order valence-electron chi connectivity index (χ1n) is 8.43. The van der Waals surface area contributed by atoms with E-state index in [1.807, 2.05) is 6.08 Å². The van der Waals surface area contributed by atoms with Gasteiger partial charge in [-0.05, 0) is 11.8 Å². The fourth-order valence-electron chi connectivity index (χ4n) is 3.58. The maximum Gasteiger partial charge on any atom is 0.140 e. The third-order valence-electron chi connectivity index (χ3n) is 4.72. The summed E-state index contributed by atoms with van der Waals surface area (Å²) >= 11 is 0. The maximum atomic E-state index is 4.91. The molecule has 122 valence electrons. The molecule has 3 nitrogen and oxygen atoms in total. The smallest absolute Gasteiger partial charge is 0.140 e. The summed E-state index contributed by atoms with van der Waals surface area (Å²) in [6.45, 7) is 11.7. The molecule has 2 aromatic rings. The van der Waals surface area contributed by atoms with Crippen molar-refractivity contribution in [3.05, 3.63) is 54.4 Å². The zero-order valence-corrected chi connectivity index (χ0v) is 14.5. The molecule has 1 aromatic carbocycles. The number of allylic oxidation sites excluding steroid dienone is 1. The standard InChI is InChI=1S/C20H27N3/c1-5-12-20(2,3)15-23-13-11-17-18(14-23)22(4)19(21-17)16-9-7-6-8-10-16/h5-10H,1,11-15H2,2-4H3. The summed E-state index contributed by atoms with van der Waals surface area (Å²) in [5.74, 6) is 1.09. The minimum Gasteiger partial charge on any atom is -0.330 e. The Bertz CT molecular complexity index is 682. The lowest BCUT2D eigenvalue weighted by atomic mass is 9.88. The lowest BCUT2D eigenvalue weighted by molar-refractivity contribution is 0.162. The van der Waals surface area contributed by atoms with Crippen LogP contribution in [0, 0.1) is 5.41 Å². The van der Waals surface area contributed by atoms with Gasteiger partial charge in [-0.1, -0.05) is 50.3 Å². The molecule has 3 rings (SSSR count). The van der Waals surface area contributed by atoms with Crippen molar-refractivity contribution in [3.8, 4) is 11.4 Å². The largest absolute Gasteiger partial charge is 0.330 e. The Morgan fingerprint density at radius 2 is 2.00 bits per heavy atom. The van der Waals surface area contributed by atoms with Gasteiger partial charge in [0.15, 0.2) is 0 Å². The normalized spacial score (nSPS) is 15.4. The van der Waals surface area contributed by atoms with Gasteiger partial charge in [0.05, 0.1) is 11.4 Å². The van der Waals surface area contributed by atoms with Gasteiger partial charge >= 0.3 is 0 Å². The molecular formula is C20H27N3. The zero-order valence-electron chi connectivity index (χ0n) is 14.5. The first-order valence-corrected chi connectivity index (χ1v) is 8.43. The van der Waals surface area contributed by atoms with Gasteiger partial charge in [-0.2, -0.15) is 0 Å². The van der Waals surface area contributed by atoms with Gasteiger partial charge in [-0.3, -0.25) is 4.90 Å². The van der Waals surface area contributed by atoms with Crippen molar-refractivity contribution in [3.63, 3.8) is 0 Å². The van der Waals surface area contributed by atoms with E-state index in [9.17, 15) is 0 Å². The number of fused-ring (bicyclic) bond motifs is 1. The van der Waals surface area contributed by atoms with Crippen LogP contribution in [-0.2, 0) is 20.0 Å². The highest BCUT2D eigenvalue weighted by Crippen LogP contribution is 2.28. The molecule has 0 saturated carbocycles. The second-order valence-corrected chi connectivity index (χ2v) is 7.37. The van der Waals surface area contributed by atoms with E-state index in [4.69, 9.17) is 4.98 Å². The molecule has 0 saturated heterocycles. The summed E-state index contributed by atoms with van der Waals surface area (Å²) in [6.07, 6.45) is 4.13. The molecule has 3 heteroatoms. The van der Waals surface area contributed by atoms with Crippen LogP contribution < -0.4 is 0 Å². The van der Waals surface area contributed by atoms with E-state index in [0.717, 1.165) is 38.3 Å². The van der Waals surface area contributed by atoms with Crippen LogP contribution in [0.15, 0.2) is 43.0 Å². The Kier molecular flexibility index (Phi) is 4.40. The monoisotopic (exact) mass is 309 g/mol. The first kappa shape index (κ1) is 16.0. The van der Waals surface area contributed by atoms with Crippen molar-refractivity contribution in [2.24, 2.45) is 12.5 Å². The molecule has 0 fully saturated rings. The minimum absolute atomic E-state index is 0.278. The number of rotatable bonds is 5. The SMILES string of the molecule is C=CCC(C)(C)CN1CCc2nc(-c3ccccc3)n(C)c2C1. The van der Waals surface area contributed by atoms with Gasteiger partial charge in [0.1, 0.15) is 5.82 Å². The Morgan fingerprint density at radius 3 is 2.70 bits per heavy atom. The van der Waals surface area contributed by atoms with E-state index in [1.165, 1.54) is 17.0 Å². The number of hydrogen-bond donors (Lipinski definition) is 0. The summed E-state index contributed by atoms with van der Waals surface area (Å²) in [5.41, 5.74) is 4.11. The topological polar surface area (TPSA) is 21.1 Å². The quantitative estimate of drug-likeness (QED) is 0.777. The van der Waals surface area contributed by atoms with Gasteiger partial charge < -0.3 is 4.57 Å². The highest BCUT2D eigenvalue weighted by atomic mass is 15.2. The molecule has 0 N–H and O–H groups in total. The average Bonchev–Trinajstić information content (AvgIpc) is 2.85. The van der Waals surface area contributed by atoms with E-state index >= 15 is 0 Å². The first-order chi connectivity index (χ1) is 11.0. The van der Waals surface area contributed by atoms with E-state index in [2.05, 4.69) is 67.3 Å². The van der Waals surface area contributed by atoms with E-state index in [1.54, 1.807) is 0 Å². The summed E-state index contributed by atoms with van der Waals surface area (Å²) < 4.78 is 2.28. The molecule has 1 aliphatic heterocycles. The second-order valence-electron chi connectivity index (χ2n) is 7.37. The zero-order chi connectivity index (χ0) is 16.4. The Hall–Kier alpha value is -1.87. The van der Waals surface area contributed by atoms with E-state index in [0.29, 0.717) is 0 Å². The van der Waals surface area contributed by atoms with Gasteiger partial charge in [-0.25, -0.2) is 4.98 Å². The Morgan fingerprint density at radius 1 is 1.26 bits per heavy atom. The molecule has 23 heavy (non-hydrogen) atoms. The summed E-state index contributed by atoms with van der Waals surface area (Å²) in [4.78, 5) is 7.47. The molecule has 0 amide bonds. The van der Waals surface area contributed by atoms with Crippen LogP contribution in [-0.4, -0.2) is 27.5 Å². The Labute approximate surface area is 139 Å². The fourth-order valence-corrected chi connectivity index (χ4v) is 3.58. The van der Waals surface area contributed by atoms with Crippen molar-refractivity contribution in [1.82, 2.24) is 14.5 Å². The number of benzene rings is 1. The Balaban J connectivity index is 1.82. The van der Waals surface area contributed by atoms with E-state index in [-0.39, 0.29) is 5.41 Å². The molecule has 1 aliphatic rings. The molecular weight excluding hydrogens is 282 g/mol. The summed E-state index contributed by atoms with van der Waals surface area (Å²) in [6, 6.07) is 10.5. The number of aromatic nitrogens is 2. The van der Waals surface area contributed by atoms with Crippen molar-refractivity contribution in [1.29, 1.82) is 0 Å². The molecule has 2 heterocycles. The molecule has 0 spiro atoms. The molecule has 0 radical (unpaired) electrons. The van der Waals surface area contributed by atoms with Gasteiger partial charge in [0.25, 0.3) is 0 Å². The van der Waals surface area contributed by atoms with Gasteiger partial charge in [-0.15, -0.1) is 6.58 Å². The van der Waals surface area contributed by atoms with Crippen LogP contribution >= 0.6 is 0 Å². The van der Waals surface area contributed by atoms with Gasteiger partial charge in [0, 0.05) is 38.7 Å². The van der Waals surface area contributed by atoms with Crippen LogP contribution in [0.4, 0.5) is 0 Å². The summed E-state index contributed by atoms with van der Waals surface area (Å²) in [5, 5.41) is 0. The third-order valence-corrected chi connectivity index (χ3v) is 4.72. The molecule has 1 aromatic heterocycles. The van der Waals surface area contributed by atoms with Crippen LogP contribution in [0.25, 0.3) is 11.4 Å². The van der Waals surface area contributed by atoms with Crippen LogP contribution in [0.2, 0.25) is 0 Å². The second kappa shape index (κ2) is 6.32. The van der Waals surface area contributed by atoms with Crippen molar-refractivity contribution in [2.45, 2.75) is 33.2 Å². The predicted molar refractivity (Wildman–Crippen MR) is 96.2 cm³/mol. The fraction of sp³-hybridized carbons (Fsp3) is 0.450. The minimum atomic E-state index is 0.278. The predicted octanol–water partition coefficient (Wildman–Crippen LogP) is 4.05. The average molecular weight is 309 g/mol. The lowest BCUT2D eigenvalue weighted by Gasteiger charge is -2.34. The number of hydrogen-bond acceptors (Lipinski definition) is 2. The third kappa shape index (κ3) is 3.40. The van der Waals surface area contributed by atoms with Crippen LogP contribution in [0.1, 0.15) is 31.7 Å². The van der Waals surface area contributed by atoms with Crippen LogP contribution in [0.5, 0.6) is 0 Å². The summed E-state index contributed by atoms with van der Waals surface area (Å²) in [7, 11) is 2.15. The molecule has 0 aliphatic carbocycles. The van der Waals surface area contributed by atoms with Gasteiger partial charge in [0.2, 0.25) is 0 Å². The number of imidazole rings is 1. The highest BCUT2D eigenvalue weighted by Gasteiger charge is 2.27. The van der Waals surface area contributed by atoms with Crippen molar-refractivity contribution in [2.75, 3.05) is 13.1 Å². The lowest BCUT2D eigenvalue weighted by Crippen LogP contribution is -2.38. The van der Waals surface area contributed by atoms with Crippen molar-refractivity contribution >= 4 is 0 Å². The molecule has 0 unspecified atom stereocenters. The highest BCUT2D eigenvalue weighted by molar-refractivity contribution is 5.56. The maximum absolute atomic E-state index is 4.91. The van der Waals surface area contributed by atoms with Crippen molar-refractivity contribution < 1.29 is 0 Å². The molecule has 0 bridgehead atoms. The number of nitrogens with zero attached hydrogens (tertiary/aromatic N) is 3. The molecule has 0 atom stereocenters.